The standard InChI is InChI=1S/C10H12OS/c1-5-4-8-6(2)7(3)9(11)10(8)12-5/h4,6-7H,1-3H3/t6-,7-/m1/s1. The Kier molecular flexibility index (Phi) is 1.62. The molecule has 1 aromatic rings. The Balaban J connectivity index is 2.57. The molecule has 0 fully saturated rings. The number of thiophene rings is 1. The van der Waals surface area contributed by atoms with Gasteiger partial charge in [-0.2, -0.15) is 0 Å². The summed E-state index contributed by atoms with van der Waals surface area (Å²) in [6.45, 7) is 6.23. The van der Waals surface area contributed by atoms with Crippen LogP contribution in [0.4, 0.5) is 0 Å². The molecule has 0 unspecified atom stereocenters. The maximum Gasteiger partial charge on any atom is 0.176 e. The Hall–Kier alpha value is -0.630. The van der Waals surface area contributed by atoms with Crippen LogP contribution in [0.2, 0.25) is 0 Å². The minimum absolute atomic E-state index is 0.201. The van der Waals surface area contributed by atoms with Crippen molar-refractivity contribution in [3.8, 4) is 0 Å². The normalized spacial score (nSPS) is 27.8. The van der Waals surface area contributed by atoms with Gasteiger partial charge in [-0.3, -0.25) is 4.79 Å². The number of hydrogen-bond acceptors (Lipinski definition) is 2. The molecule has 0 radical (unpaired) electrons. The van der Waals surface area contributed by atoms with Gasteiger partial charge in [0.25, 0.3) is 0 Å². The third-order valence-corrected chi connectivity index (χ3v) is 3.84. The van der Waals surface area contributed by atoms with Gasteiger partial charge in [0.05, 0.1) is 4.88 Å². The van der Waals surface area contributed by atoms with Crippen LogP contribution < -0.4 is 0 Å². The van der Waals surface area contributed by atoms with Crippen LogP contribution in [0.1, 0.15) is 39.9 Å². The molecule has 1 nitrogen and oxygen atoms in total. The van der Waals surface area contributed by atoms with Crippen LogP contribution in [0.15, 0.2) is 6.07 Å². The van der Waals surface area contributed by atoms with Crippen molar-refractivity contribution in [3.05, 3.63) is 21.4 Å². The first-order valence-electron chi connectivity index (χ1n) is 4.26. The van der Waals surface area contributed by atoms with Crippen LogP contribution in [0.25, 0.3) is 0 Å². The molecule has 1 aromatic heterocycles. The number of carbonyl (C=O) groups excluding carboxylic acids is 1. The van der Waals surface area contributed by atoms with Gasteiger partial charge in [-0.1, -0.05) is 13.8 Å². The molecule has 0 N–H and O–H groups in total. The minimum Gasteiger partial charge on any atom is -0.293 e. The minimum atomic E-state index is 0.201. The molecule has 64 valence electrons. The maximum absolute atomic E-state index is 11.6. The molecular weight excluding hydrogens is 168 g/mol. The van der Waals surface area contributed by atoms with Gasteiger partial charge in [0, 0.05) is 10.8 Å². The Morgan fingerprint density at radius 2 is 2.00 bits per heavy atom. The third kappa shape index (κ3) is 0.876. The molecule has 2 rings (SSSR count). The number of fused-ring (bicyclic) bond motifs is 1. The Labute approximate surface area is 76.4 Å². The zero-order valence-electron chi connectivity index (χ0n) is 7.55. The Morgan fingerprint density at radius 1 is 1.33 bits per heavy atom. The first-order chi connectivity index (χ1) is 5.61. The highest BCUT2D eigenvalue weighted by Gasteiger charge is 2.35. The molecule has 1 aliphatic carbocycles. The molecule has 0 saturated carbocycles. The van der Waals surface area contributed by atoms with Crippen molar-refractivity contribution in [2.75, 3.05) is 0 Å². The van der Waals surface area contributed by atoms with Crippen molar-refractivity contribution >= 4 is 17.1 Å². The quantitative estimate of drug-likeness (QED) is 0.600. The zero-order valence-corrected chi connectivity index (χ0v) is 8.37. The van der Waals surface area contributed by atoms with E-state index in [0.29, 0.717) is 11.7 Å². The van der Waals surface area contributed by atoms with Crippen molar-refractivity contribution in [1.29, 1.82) is 0 Å². The van der Waals surface area contributed by atoms with E-state index >= 15 is 0 Å². The van der Waals surface area contributed by atoms with Gasteiger partial charge >= 0.3 is 0 Å². The van der Waals surface area contributed by atoms with Crippen molar-refractivity contribution in [2.24, 2.45) is 5.92 Å². The molecule has 0 saturated heterocycles. The van der Waals surface area contributed by atoms with Crippen LogP contribution in [-0.2, 0) is 0 Å². The number of hydrogen-bond donors (Lipinski definition) is 0. The van der Waals surface area contributed by atoms with Crippen molar-refractivity contribution in [3.63, 3.8) is 0 Å². The van der Waals surface area contributed by atoms with E-state index in [1.54, 1.807) is 11.3 Å². The fraction of sp³-hybridized carbons (Fsp3) is 0.500. The second-order valence-electron chi connectivity index (χ2n) is 3.58. The van der Waals surface area contributed by atoms with E-state index in [1.807, 2.05) is 6.92 Å². The molecule has 1 aliphatic rings. The van der Waals surface area contributed by atoms with Crippen molar-refractivity contribution < 1.29 is 4.79 Å². The Morgan fingerprint density at radius 3 is 2.58 bits per heavy atom. The monoisotopic (exact) mass is 180 g/mol. The van der Waals surface area contributed by atoms with E-state index in [4.69, 9.17) is 0 Å². The summed E-state index contributed by atoms with van der Waals surface area (Å²) in [7, 11) is 0. The lowest BCUT2D eigenvalue weighted by molar-refractivity contribution is 0.0940. The molecule has 12 heavy (non-hydrogen) atoms. The molecule has 1 heterocycles. The summed E-state index contributed by atoms with van der Waals surface area (Å²) in [5.74, 6) is 0.972. The first kappa shape index (κ1) is 7.99. The molecule has 2 atom stereocenters. The van der Waals surface area contributed by atoms with E-state index in [1.165, 1.54) is 10.4 Å². The molecule has 0 spiro atoms. The SMILES string of the molecule is Cc1cc2c(s1)C(=O)[C@H](C)[C@H]2C. The molecule has 0 aromatic carbocycles. The largest absolute Gasteiger partial charge is 0.293 e. The van der Waals surface area contributed by atoms with Crippen molar-refractivity contribution in [2.45, 2.75) is 26.7 Å². The van der Waals surface area contributed by atoms with Crippen molar-refractivity contribution in [1.82, 2.24) is 0 Å². The summed E-state index contributed by atoms with van der Waals surface area (Å²) < 4.78 is 0. The fourth-order valence-electron chi connectivity index (χ4n) is 1.77. The van der Waals surface area contributed by atoms with Gasteiger partial charge in [-0.15, -0.1) is 11.3 Å². The predicted molar refractivity (Wildman–Crippen MR) is 51.0 cm³/mol. The number of aryl methyl sites for hydroxylation is 1. The number of Topliss-reactive ketones (excluding diaryl/α,β-unsaturated/α-hetero) is 1. The van der Waals surface area contributed by atoms with Crippen LogP contribution in [0, 0.1) is 12.8 Å². The van der Waals surface area contributed by atoms with E-state index in [9.17, 15) is 4.79 Å². The van der Waals surface area contributed by atoms with E-state index < -0.39 is 0 Å². The van der Waals surface area contributed by atoms with E-state index in [2.05, 4.69) is 19.9 Å². The van der Waals surface area contributed by atoms with Gasteiger partial charge in [0.1, 0.15) is 0 Å². The second kappa shape index (κ2) is 2.43. The number of ketones is 1. The lowest BCUT2D eigenvalue weighted by Gasteiger charge is -2.06. The summed E-state index contributed by atoms with van der Waals surface area (Å²) in [6, 6.07) is 2.16. The highest BCUT2D eigenvalue weighted by molar-refractivity contribution is 7.14. The van der Waals surface area contributed by atoms with Gasteiger partial charge < -0.3 is 0 Å². The number of rotatable bonds is 0. The van der Waals surface area contributed by atoms with Gasteiger partial charge in [-0.25, -0.2) is 0 Å². The molecular formula is C10H12OS. The smallest absolute Gasteiger partial charge is 0.176 e. The average Bonchev–Trinajstić information content (AvgIpc) is 2.49. The maximum atomic E-state index is 11.6. The van der Waals surface area contributed by atoms with Crippen LogP contribution in [-0.4, -0.2) is 5.78 Å². The summed E-state index contributed by atoms with van der Waals surface area (Å²) in [6.07, 6.45) is 0. The van der Waals surface area contributed by atoms with E-state index in [0.717, 1.165) is 4.88 Å². The highest BCUT2D eigenvalue weighted by atomic mass is 32.1. The van der Waals surface area contributed by atoms with Gasteiger partial charge in [0.2, 0.25) is 0 Å². The van der Waals surface area contributed by atoms with Crippen LogP contribution in [0.5, 0.6) is 0 Å². The molecule has 0 aliphatic heterocycles. The summed E-state index contributed by atoms with van der Waals surface area (Å²) in [5.41, 5.74) is 1.27. The topological polar surface area (TPSA) is 17.1 Å². The average molecular weight is 180 g/mol. The first-order valence-corrected chi connectivity index (χ1v) is 5.07. The summed E-state index contributed by atoms with van der Waals surface area (Å²) in [5, 5.41) is 0. The Bertz CT molecular complexity index is 338. The van der Waals surface area contributed by atoms with E-state index in [-0.39, 0.29) is 5.92 Å². The molecule has 0 bridgehead atoms. The lowest BCUT2D eigenvalue weighted by atomic mass is 9.96. The van der Waals surface area contributed by atoms with Gasteiger partial charge in [0.15, 0.2) is 5.78 Å². The van der Waals surface area contributed by atoms with Crippen LogP contribution in [0.3, 0.4) is 0 Å². The molecule has 0 amide bonds. The fourth-order valence-corrected chi connectivity index (χ4v) is 2.92. The van der Waals surface area contributed by atoms with Gasteiger partial charge in [-0.05, 0) is 24.5 Å². The lowest BCUT2D eigenvalue weighted by Crippen LogP contribution is -2.06. The summed E-state index contributed by atoms with van der Waals surface area (Å²) in [4.78, 5) is 13.9. The third-order valence-electron chi connectivity index (χ3n) is 2.76. The highest BCUT2D eigenvalue weighted by Crippen LogP contribution is 2.41. The summed E-state index contributed by atoms with van der Waals surface area (Å²) >= 11 is 1.64. The van der Waals surface area contributed by atoms with Crippen LogP contribution >= 0.6 is 11.3 Å². The zero-order chi connectivity index (χ0) is 8.88. The number of carbonyl (C=O) groups is 1. The second-order valence-corrected chi connectivity index (χ2v) is 4.84. The predicted octanol–water partition coefficient (Wildman–Crippen LogP) is 2.99. The molecule has 2 heteroatoms.